The fourth-order valence-electron chi connectivity index (χ4n) is 1.87. The van der Waals surface area contributed by atoms with E-state index in [1.165, 1.54) is 32.1 Å². The van der Waals surface area contributed by atoms with Crippen molar-refractivity contribution in [2.75, 3.05) is 0 Å². The van der Waals surface area contributed by atoms with Crippen molar-refractivity contribution in [2.45, 2.75) is 52.9 Å². The van der Waals surface area contributed by atoms with Gasteiger partial charge in [0.05, 0.1) is 0 Å². The maximum Gasteiger partial charge on any atom is -0.0383 e. The molecule has 1 rings (SSSR count). The lowest BCUT2D eigenvalue weighted by Crippen LogP contribution is -1.93. The fraction of sp³-hybridized carbons (Fsp3) is 1.00. The molecule has 1 aliphatic carbocycles. The first-order valence-corrected chi connectivity index (χ1v) is 5.27. The first kappa shape index (κ1) is 9.09. The van der Waals surface area contributed by atoms with Crippen LogP contribution in [0.5, 0.6) is 0 Å². The molecule has 0 aromatic rings. The van der Waals surface area contributed by atoms with Crippen molar-refractivity contribution in [1.29, 1.82) is 0 Å². The molecule has 3 unspecified atom stereocenters. The molecule has 0 heterocycles. The van der Waals surface area contributed by atoms with E-state index in [9.17, 15) is 0 Å². The van der Waals surface area contributed by atoms with E-state index in [4.69, 9.17) is 0 Å². The van der Waals surface area contributed by atoms with Gasteiger partial charge in [0.15, 0.2) is 0 Å². The Morgan fingerprint density at radius 1 is 1.27 bits per heavy atom. The zero-order valence-electron chi connectivity index (χ0n) is 8.27. The van der Waals surface area contributed by atoms with Gasteiger partial charge in [-0.25, -0.2) is 0 Å². The minimum absolute atomic E-state index is 0.966. The lowest BCUT2D eigenvalue weighted by molar-refractivity contribution is 0.463. The number of rotatable bonds is 5. The van der Waals surface area contributed by atoms with Crippen LogP contribution in [0.15, 0.2) is 0 Å². The monoisotopic (exact) mass is 154 g/mol. The Hall–Kier alpha value is 0. The van der Waals surface area contributed by atoms with Gasteiger partial charge in [-0.1, -0.05) is 40.0 Å². The minimum atomic E-state index is 0.966. The van der Waals surface area contributed by atoms with Gasteiger partial charge in [-0.2, -0.15) is 0 Å². The summed E-state index contributed by atoms with van der Waals surface area (Å²) in [6.07, 6.45) is 7.30. The van der Waals surface area contributed by atoms with E-state index < -0.39 is 0 Å². The predicted octanol–water partition coefficient (Wildman–Crippen LogP) is 3.86. The van der Waals surface area contributed by atoms with Crippen molar-refractivity contribution in [2.24, 2.45) is 17.8 Å². The molecule has 0 bridgehead atoms. The van der Waals surface area contributed by atoms with Crippen LogP contribution in [0.3, 0.4) is 0 Å². The molecule has 1 aliphatic rings. The molecule has 11 heavy (non-hydrogen) atoms. The normalized spacial score (nSPS) is 31.9. The molecule has 0 heteroatoms. The topological polar surface area (TPSA) is 0 Å². The standard InChI is InChI=1S/C11H22/c1-4-9(3)6-7-11-8-10(11)5-2/h9-11H,4-8H2,1-3H3. The van der Waals surface area contributed by atoms with Gasteiger partial charge in [-0.3, -0.25) is 0 Å². The molecule has 0 amide bonds. The van der Waals surface area contributed by atoms with Crippen LogP contribution < -0.4 is 0 Å². The van der Waals surface area contributed by atoms with Crippen molar-refractivity contribution in [3.63, 3.8) is 0 Å². The Kier molecular flexibility index (Phi) is 3.42. The molecule has 0 aromatic carbocycles. The molecule has 0 saturated heterocycles. The molecule has 0 nitrogen and oxygen atoms in total. The molecule has 0 radical (unpaired) electrons. The van der Waals surface area contributed by atoms with E-state index in [0.717, 1.165) is 17.8 Å². The van der Waals surface area contributed by atoms with Gasteiger partial charge in [-0.05, 0) is 30.6 Å². The summed E-state index contributed by atoms with van der Waals surface area (Å²) in [4.78, 5) is 0. The average Bonchev–Trinajstić information content (AvgIpc) is 2.78. The summed E-state index contributed by atoms with van der Waals surface area (Å²) in [7, 11) is 0. The van der Waals surface area contributed by atoms with E-state index in [1.807, 2.05) is 0 Å². The Labute approximate surface area is 71.4 Å². The highest BCUT2D eigenvalue weighted by atomic mass is 14.4. The third kappa shape index (κ3) is 2.84. The van der Waals surface area contributed by atoms with E-state index in [1.54, 1.807) is 0 Å². The second kappa shape index (κ2) is 4.13. The van der Waals surface area contributed by atoms with Crippen molar-refractivity contribution in [3.05, 3.63) is 0 Å². The first-order chi connectivity index (χ1) is 5.27. The Balaban J connectivity index is 1.97. The van der Waals surface area contributed by atoms with Crippen LogP contribution in [-0.2, 0) is 0 Å². The highest BCUT2D eigenvalue weighted by molar-refractivity contribution is 4.84. The number of hydrogen-bond donors (Lipinski definition) is 0. The summed E-state index contributed by atoms with van der Waals surface area (Å²) >= 11 is 0. The summed E-state index contributed by atoms with van der Waals surface area (Å²) in [5.41, 5.74) is 0. The summed E-state index contributed by atoms with van der Waals surface area (Å²) in [5.74, 6) is 3.20. The lowest BCUT2D eigenvalue weighted by Gasteiger charge is -2.06. The third-order valence-electron chi connectivity index (χ3n) is 3.32. The molecule has 0 N–H and O–H groups in total. The second-order valence-electron chi connectivity index (χ2n) is 4.25. The van der Waals surface area contributed by atoms with Gasteiger partial charge < -0.3 is 0 Å². The Bertz CT molecular complexity index is 107. The van der Waals surface area contributed by atoms with E-state index in [0.29, 0.717) is 0 Å². The van der Waals surface area contributed by atoms with E-state index >= 15 is 0 Å². The predicted molar refractivity (Wildman–Crippen MR) is 50.6 cm³/mol. The summed E-state index contributed by atoms with van der Waals surface area (Å²) in [6, 6.07) is 0. The van der Waals surface area contributed by atoms with Crippen LogP contribution in [0, 0.1) is 17.8 Å². The second-order valence-corrected chi connectivity index (χ2v) is 4.25. The summed E-state index contributed by atoms with van der Waals surface area (Å²) in [5, 5.41) is 0. The lowest BCUT2D eigenvalue weighted by atomic mass is 10.0. The molecule has 1 fully saturated rings. The van der Waals surface area contributed by atoms with Gasteiger partial charge >= 0.3 is 0 Å². The molecule has 0 aromatic heterocycles. The molecule has 0 aliphatic heterocycles. The van der Waals surface area contributed by atoms with E-state index in [-0.39, 0.29) is 0 Å². The van der Waals surface area contributed by atoms with Crippen molar-refractivity contribution < 1.29 is 0 Å². The van der Waals surface area contributed by atoms with Gasteiger partial charge in [0.2, 0.25) is 0 Å². The van der Waals surface area contributed by atoms with Crippen molar-refractivity contribution >= 4 is 0 Å². The average molecular weight is 154 g/mol. The highest BCUT2D eigenvalue weighted by Gasteiger charge is 2.34. The first-order valence-electron chi connectivity index (χ1n) is 5.27. The van der Waals surface area contributed by atoms with Gasteiger partial charge in [0.1, 0.15) is 0 Å². The van der Waals surface area contributed by atoms with Crippen LogP contribution in [-0.4, -0.2) is 0 Å². The maximum atomic E-state index is 2.38. The summed E-state index contributed by atoms with van der Waals surface area (Å²) in [6.45, 7) is 7.01. The number of hydrogen-bond acceptors (Lipinski definition) is 0. The largest absolute Gasteiger partial charge is 0.0651 e. The Morgan fingerprint density at radius 2 is 2.00 bits per heavy atom. The fourth-order valence-corrected chi connectivity index (χ4v) is 1.87. The van der Waals surface area contributed by atoms with E-state index in [2.05, 4.69) is 20.8 Å². The van der Waals surface area contributed by atoms with Gasteiger partial charge in [0, 0.05) is 0 Å². The summed E-state index contributed by atoms with van der Waals surface area (Å²) < 4.78 is 0. The molecular weight excluding hydrogens is 132 g/mol. The highest BCUT2D eigenvalue weighted by Crippen LogP contribution is 2.44. The quantitative estimate of drug-likeness (QED) is 0.564. The molecule has 0 spiro atoms. The van der Waals surface area contributed by atoms with Crippen LogP contribution in [0.2, 0.25) is 0 Å². The van der Waals surface area contributed by atoms with Crippen LogP contribution in [0.4, 0.5) is 0 Å². The van der Waals surface area contributed by atoms with Crippen LogP contribution in [0.25, 0.3) is 0 Å². The minimum Gasteiger partial charge on any atom is -0.0651 e. The molecule has 1 saturated carbocycles. The van der Waals surface area contributed by atoms with Crippen molar-refractivity contribution in [1.82, 2.24) is 0 Å². The zero-order valence-corrected chi connectivity index (χ0v) is 8.27. The molecule has 66 valence electrons. The zero-order chi connectivity index (χ0) is 8.27. The third-order valence-corrected chi connectivity index (χ3v) is 3.32. The van der Waals surface area contributed by atoms with Crippen LogP contribution in [0.1, 0.15) is 52.9 Å². The van der Waals surface area contributed by atoms with Gasteiger partial charge in [-0.15, -0.1) is 0 Å². The maximum absolute atomic E-state index is 2.38. The van der Waals surface area contributed by atoms with Crippen LogP contribution >= 0.6 is 0 Å². The smallest absolute Gasteiger partial charge is 0.0383 e. The molecular formula is C11H22. The van der Waals surface area contributed by atoms with Gasteiger partial charge in [0.25, 0.3) is 0 Å². The molecule has 3 atom stereocenters. The van der Waals surface area contributed by atoms with Crippen molar-refractivity contribution in [3.8, 4) is 0 Å². The Morgan fingerprint density at radius 3 is 2.45 bits per heavy atom. The SMILES string of the molecule is CCC(C)CCC1CC1CC.